The van der Waals surface area contributed by atoms with Crippen LogP contribution in [0.2, 0.25) is 0 Å². The number of hydrogen-bond acceptors (Lipinski definition) is 4. The first-order chi connectivity index (χ1) is 10.7. The van der Waals surface area contributed by atoms with Gasteiger partial charge in [-0.2, -0.15) is 0 Å². The van der Waals surface area contributed by atoms with E-state index in [1.54, 1.807) is 19.1 Å². The molecule has 120 valence electrons. The monoisotopic (exact) mass is 332 g/mol. The average Bonchev–Trinajstić information content (AvgIpc) is 2.53. The largest absolute Gasteiger partial charge is 0.478 e. The smallest absolute Gasteiger partial charge is 0.335 e. The third kappa shape index (κ3) is 3.48. The van der Waals surface area contributed by atoms with Gasteiger partial charge >= 0.3 is 5.97 Å². The zero-order valence-corrected chi connectivity index (χ0v) is 13.5. The van der Waals surface area contributed by atoms with Gasteiger partial charge in [0.15, 0.2) is 15.6 Å². The molecule has 0 aliphatic rings. The minimum Gasteiger partial charge on any atom is -0.478 e. The van der Waals surface area contributed by atoms with Crippen molar-refractivity contribution in [2.75, 3.05) is 0 Å². The van der Waals surface area contributed by atoms with Crippen LogP contribution in [0.15, 0.2) is 53.4 Å². The zero-order chi connectivity index (χ0) is 17.2. The van der Waals surface area contributed by atoms with Crippen LogP contribution in [0.5, 0.6) is 0 Å². The number of carboxylic acids is 1. The first-order valence-electron chi connectivity index (χ1n) is 6.91. The van der Waals surface area contributed by atoms with Gasteiger partial charge in [-0.15, -0.1) is 0 Å². The molecule has 0 fully saturated rings. The van der Waals surface area contributed by atoms with E-state index in [1.807, 2.05) is 0 Å². The number of rotatable bonds is 5. The van der Waals surface area contributed by atoms with Crippen LogP contribution in [-0.2, 0) is 9.84 Å². The van der Waals surface area contributed by atoms with Crippen molar-refractivity contribution in [2.45, 2.75) is 24.0 Å². The quantitative estimate of drug-likeness (QED) is 0.851. The molecule has 0 saturated carbocycles. The third-order valence-electron chi connectivity index (χ3n) is 3.55. The molecule has 2 aromatic rings. The van der Waals surface area contributed by atoms with Crippen LogP contribution in [0.4, 0.5) is 0 Å². The van der Waals surface area contributed by atoms with E-state index in [1.165, 1.54) is 43.3 Å². The molecule has 0 amide bonds. The highest BCUT2D eigenvalue weighted by molar-refractivity contribution is 7.92. The Morgan fingerprint density at radius 2 is 1.61 bits per heavy atom. The molecule has 23 heavy (non-hydrogen) atoms. The Morgan fingerprint density at radius 3 is 2.22 bits per heavy atom. The Bertz CT molecular complexity index is 868. The molecule has 0 bridgehead atoms. The first-order valence-corrected chi connectivity index (χ1v) is 8.46. The molecule has 2 rings (SSSR count). The van der Waals surface area contributed by atoms with Crippen molar-refractivity contribution in [3.05, 3.63) is 65.2 Å². The van der Waals surface area contributed by atoms with E-state index in [4.69, 9.17) is 5.11 Å². The summed E-state index contributed by atoms with van der Waals surface area (Å²) in [4.78, 5) is 23.5. The van der Waals surface area contributed by atoms with E-state index < -0.39 is 26.8 Å². The van der Waals surface area contributed by atoms with Gasteiger partial charge < -0.3 is 5.11 Å². The predicted molar refractivity (Wildman–Crippen MR) is 85.6 cm³/mol. The summed E-state index contributed by atoms with van der Waals surface area (Å²) in [5.41, 5.74) is 0.781. The maximum atomic E-state index is 12.6. The Labute approximate surface area is 134 Å². The first kappa shape index (κ1) is 16.9. The van der Waals surface area contributed by atoms with Gasteiger partial charge in [-0.3, -0.25) is 4.79 Å². The fraction of sp³-hybridized carbons (Fsp3) is 0.176. The van der Waals surface area contributed by atoms with Gasteiger partial charge in [0, 0.05) is 5.56 Å². The Kier molecular flexibility index (Phi) is 4.65. The SMILES string of the molecule is Cc1cccc(S(=O)(=O)C(C)C(=O)c2cccc(C(=O)O)c2)c1. The number of carboxylic acid groups (broad SMARTS) is 1. The fourth-order valence-corrected chi connectivity index (χ4v) is 3.62. The van der Waals surface area contributed by atoms with Crippen molar-refractivity contribution in [3.63, 3.8) is 0 Å². The summed E-state index contributed by atoms with van der Waals surface area (Å²) >= 11 is 0. The van der Waals surface area contributed by atoms with Crippen LogP contribution >= 0.6 is 0 Å². The van der Waals surface area contributed by atoms with E-state index in [9.17, 15) is 18.0 Å². The van der Waals surface area contributed by atoms with E-state index >= 15 is 0 Å². The van der Waals surface area contributed by atoms with Crippen molar-refractivity contribution in [1.29, 1.82) is 0 Å². The number of hydrogen-bond donors (Lipinski definition) is 1. The lowest BCUT2D eigenvalue weighted by molar-refractivity contribution is 0.0697. The van der Waals surface area contributed by atoms with E-state index in [-0.39, 0.29) is 16.0 Å². The lowest BCUT2D eigenvalue weighted by atomic mass is 10.1. The Morgan fingerprint density at radius 1 is 1.00 bits per heavy atom. The average molecular weight is 332 g/mol. The highest BCUT2D eigenvalue weighted by atomic mass is 32.2. The summed E-state index contributed by atoms with van der Waals surface area (Å²) in [7, 11) is -3.84. The second kappa shape index (κ2) is 6.34. The lowest BCUT2D eigenvalue weighted by Crippen LogP contribution is -2.27. The van der Waals surface area contributed by atoms with Gasteiger partial charge in [-0.05, 0) is 43.7 Å². The summed E-state index contributed by atoms with van der Waals surface area (Å²) in [5.74, 6) is -1.80. The minimum atomic E-state index is -3.84. The number of aromatic carboxylic acids is 1. The molecule has 0 saturated heterocycles. The van der Waals surface area contributed by atoms with Crippen molar-refractivity contribution >= 4 is 21.6 Å². The maximum absolute atomic E-state index is 12.6. The van der Waals surface area contributed by atoms with Crippen LogP contribution in [0, 0.1) is 6.92 Å². The van der Waals surface area contributed by atoms with Gasteiger partial charge in [-0.1, -0.05) is 24.3 Å². The van der Waals surface area contributed by atoms with Gasteiger partial charge in [-0.25, -0.2) is 13.2 Å². The highest BCUT2D eigenvalue weighted by Gasteiger charge is 2.30. The lowest BCUT2D eigenvalue weighted by Gasteiger charge is -2.13. The topological polar surface area (TPSA) is 88.5 Å². The summed E-state index contributed by atoms with van der Waals surface area (Å²) in [6.07, 6.45) is 0. The van der Waals surface area contributed by atoms with E-state index in [2.05, 4.69) is 0 Å². The van der Waals surface area contributed by atoms with Gasteiger partial charge in [0.2, 0.25) is 0 Å². The molecule has 1 unspecified atom stereocenters. The van der Waals surface area contributed by atoms with E-state index in [0.29, 0.717) is 0 Å². The molecule has 0 aliphatic carbocycles. The maximum Gasteiger partial charge on any atom is 0.335 e. The third-order valence-corrected chi connectivity index (χ3v) is 5.60. The fourth-order valence-electron chi connectivity index (χ4n) is 2.18. The van der Waals surface area contributed by atoms with Crippen LogP contribution in [-0.4, -0.2) is 30.5 Å². The normalized spacial score (nSPS) is 12.6. The summed E-state index contributed by atoms with van der Waals surface area (Å²) in [6.45, 7) is 3.08. The summed E-state index contributed by atoms with van der Waals surface area (Å²) < 4.78 is 25.2. The van der Waals surface area contributed by atoms with Gasteiger partial charge in [0.1, 0.15) is 5.25 Å². The molecule has 5 nitrogen and oxygen atoms in total. The van der Waals surface area contributed by atoms with Crippen molar-refractivity contribution in [1.82, 2.24) is 0 Å². The number of sulfone groups is 1. The number of Topliss-reactive ketones (excluding diaryl/α,β-unsaturated/α-hetero) is 1. The Balaban J connectivity index is 2.39. The van der Waals surface area contributed by atoms with E-state index in [0.717, 1.165) is 5.56 Å². The molecule has 0 heterocycles. The van der Waals surface area contributed by atoms with Crippen LogP contribution in [0.3, 0.4) is 0 Å². The molecular formula is C17H16O5S. The van der Waals surface area contributed by atoms with Crippen LogP contribution in [0.1, 0.15) is 33.2 Å². The zero-order valence-electron chi connectivity index (χ0n) is 12.7. The predicted octanol–water partition coefficient (Wildman–Crippen LogP) is 2.74. The summed E-state index contributed by atoms with van der Waals surface area (Å²) in [5, 5.41) is 7.67. The number of aryl methyl sites for hydroxylation is 1. The second-order valence-corrected chi connectivity index (χ2v) is 7.52. The second-order valence-electron chi connectivity index (χ2n) is 5.25. The number of carbonyl (C=O) groups excluding carboxylic acids is 1. The molecule has 2 aromatic carbocycles. The molecule has 0 radical (unpaired) electrons. The van der Waals surface area contributed by atoms with Crippen molar-refractivity contribution < 1.29 is 23.1 Å². The molecule has 1 N–H and O–H groups in total. The molecule has 0 aliphatic heterocycles. The van der Waals surface area contributed by atoms with Crippen molar-refractivity contribution in [3.8, 4) is 0 Å². The number of carbonyl (C=O) groups is 2. The van der Waals surface area contributed by atoms with Crippen LogP contribution in [0.25, 0.3) is 0 Å². The molecule has 1 atom stereocenters. The molecule has 0 spiro atoms. The molecule has 0 aromatic heterocycles. The molecular weight excluding hydrogens is 316 g/mol. The minimum absolute atomic E-state index is 0.0593. The highest BCUT2D eigenvalue weighted by Crippen LogP contribution is 2.20. The Hall–Kier alpha value is -2.47. The summed E-state index contributed by atoms with van der Waals surface area (Å²) in [6, 6.07) is 11.7. The van der Waals surface area contributed by atoms with Gasteiger partial charge in [0.05, 0.1) is 10.5 Å². The standard InChI is InChI=1S/C17H16O5S/c1-11-5-3-8-15(9-11)23(21,22)12(2)16(18)13-6-4-7-14(10-13)17(19)20/h3-10,12H,1-2H3,(H,19,20). The van der Waals surface area contributed by atoms with Gasteiger partial charge in [0.25, 0.3) is 0 Å². The van der Waals surface area contributed by atoms with Crippen LogP contribution < -0.4 is 0 Å². The number of ketones is 1. The number of benzene rings is 2. The molecule has 6 heteroatoms. The van der Waals surface area contributed by atoms with Crippen molar-refractivity contribution in [2.24, 2.45) is 0 Å².